The van der Waals surface area contributed by atoms with Gasteiger partial charge in [-0.2, -0.15) is 0 Å². The van der Waals surface area contributed by atoms with Crippen LogP contribution in [0.2, 0.25) is 0 Å². The predicted octanol–water partition coefficient (Wildman–Crippen LogP) is 2.80. The zero-order valence-corrected chi connectivity index (χ0v) is 9.50. The van der Waals surface area contributed by atoms with Crippen LogP contribution in [-0.4, -0.2) is 6.04 Å². The van der Waals surface area contributed by atoms with Crippen molar-refractivity contribution in [2.75, 3.05) is 0 Å². The van der Waals surface area contributed by atoms with E-state index in [0.717, 1.165) is 18.3 Å². The van der Waals surface area contributed by atoms with E-state index in [4.69, 9.17) is 12.2 Å². The summed E-state index contributed by atoms with van der Waals surface area (Å²) in [6, 6.07) is 0.244. The lowest BCUT2D eigenvalue weighted by molar-refractivity contribution is 0.204. The minimum absolute atomic E-state index is 0.244. The minimum atomic E-state index is 0.244. The quantitative estimate of drug-likeness (QED) is 0.685. The fourth-order valence-corrected chi connectivity index (χ4v) is 2.54. The molecule has 0 saturated heterocycles. The lowest BCUT2D eigenvalue weighted by Gasteiger charge is -2.33. The van der Waals surface area contributed by atoms with Crippen LogP contribution >= 0.6 is 0 Å². The summed E-state index contributed by atoms with van der Waals surface area (Å²) in [7, 11) is 0. The number of terminal acetylenes is 1. The average Bonchev–Trinajstić information content (AvgIpc) is 2.18. The van der Waals surface area contributed by atoms with Crippen LogP contribution < -0.4 is 5.73 Å². The fourth-order valence-electron chi connectivity index (χ4n) is 2.54. The smallest absolute Gasteiger partial charge is 0.0241 e. The highest BCUT2D eigenvalue weighted by atomic mass is 14.6. The van der Waals surface area contributed by atoms with Gasteiger partial charge in [0.15, 0.2) is 0 Å². The maximum absolute atomic E-state index is 6.04. The maximum Gasteiger partial charge on any atom is 0.0241 e. The van der Waals surface area contributed by atoms with Gasteiger partial charge in [-0.05, 0) is 43.4 Å². The third kappa shape index (κ3) is 3.03. The van der Waals surface area contributed by atoms with E-state index < -0.39 is 0 Å². The van der Waals surface area contributed by atoms with E-state index in [1.807, 2.05) is 0 Å². The van der Waals surface area contributed by atoms with Gasteiger partial charge in [-0.1, -0.05) is 13.8 Å². The molecule has 1 fully saturated rings. The minimum Gasteiger partial charge on any atom is -0.327 e. The number of nitrogens with two attached hydrogens (primary N) is 1. The lowest BCUT2D eigenvalue weighted by atomic mass is 9.74. The molecule has 0 spiro atoms. The van der Waals surface area contributed by atoms with Crippen LogP contribution in [0.4, 0.5) is 0 Å². The summed E-state index contributed by atoms with van der Waals surface area (Å²) >= 11 is 0. The second-order valence-corrected chi connectivity index (χ2v) is 4.99. The van der Waals surface area contributed by atoms with E-state index in [2.05, 4.69) is 19.8 Å². The Morgan fingerprint density at radius 1 is 1.21 bits per heavy atom. The maximum atomic E-state index is 6.04. The topological polar surface area (TPSA) is 26.0 Å². The normalized spacial score (nSPS) is 29.9. The van der Waals surface area contributed by atoms with Gasteiger partial charge < -0.3 is 5.73 Å². The molecule has 0 amide bonds. The van der Waals surface area contributed by atoms with Crippen molar-refractivity contribution < 1.29 is 0 Å². The van der Waals surface area contributed by atoms with E-state index >= 15 is 0 Å². The number of hydrogen-bond acceptors (Lipinski definition) is 1. The van der Waals surface area contributed by atoms with E-state index in [0.29, 0.717) is 5.92 Å². The van der Waals surface area contributed by atoms with Gasteiger partial charge in [-0.3, -0.25) is 0 Å². The molecule has 0 aromatic heterocycles. The van der Waals surface area contributed by atoms with Crippen molar-refractivity contribution in [1.29, 1.82) is 0 Å². The first-order valence-corrected chi connectivity index (χ1v) is 5.84. The summed E-state index contributed by atoms with van der Waals surface area (Å²) in [5.74, 6) is 5.11. The zero-order chi connectivity index (χ0) is 10.6. The molecule has 1 rings (SSSR count). The van der Waals surface area contributed by atoms with E-state index in [1.165, 1.54) is 25.7 Å². The molecule has 80 valence electrons. The predicted molar refractivity (Wildman–Crippen MR) is 61.7 cm³/mol. The Morgan fingerprint density at radius 2 is 1.71 bits per heavy atom. The Kier molecular flexibility index (Phi) is 4.48. The molecule has 1 saturated carbocycles. The van der Waals surface area contributed by atoms with Crippen LogP contribution in [0.15, 0.2) is 0 Å². The monoisotopic (exact) mass is 193 g/mol. The van der Waals surface area contributed by atoms with Crippen LogP contribution in [0.25, 0.3) is 0 Å². The zero-order valence-electron chi connectivity index (χ0n) is 9.50. The van der Waals surface area contributed by atoms with Crippen molar-refractivity contribution in [1.82, 2.24) is 0 Å². The molecule has 0 aromatic rings. The molecule has 1 heteroatoms. The van der Waals surface area contributed by atoms with Gasteiger partial charge in [0.1, 0.15) is 0 Å². The molecule has 0 aromatic carbocycles. The van der Waals surface area contributed by atoms with E-state index in [9.17, 15) is 0 Å². The summed E-state index contributed by atoms with van der Waals surface area (Å²) in [6.45, 7) is 4.65. The van der Waals surface area contributed by atoms with Gasteiger partial charge in [0.25, 0.3) is 0 Å². The highest BCUT2D eigenvalue weighted by Crippen LogP contribution is 2.34. The van der Waals surface area contributed by atoms with Crippen LogP contribution in [0.5, 0.6) is 0 Å². The van der Waals surface area contributed by atoms with Crippen molar-refractivity contribution in [2.45, 2.75) is 52.0 Å². The molecule has 2 N–H and O–H groups in total. The van der Waals surface area contributed by atoms with E-state index in [1.54, 1.807) is 0 Å². The Morgan fingerprint density at radius 3 is 2.14 bits per heavy atom. The van der Waals surface area contributed by atoms with Crippen molar-refractivity contribution in [2.24, 2.45) is 23.5 Å². The van der Waals surface area contributed by atoms with Gasteiger partial charge in [-0.25, -0.2) is 0 Å². The molecule has 1 aliphatic carbocycles. The molecule has 1 unspecified atom stereocenters. The summed E-state index contributed by atoms with van der Waals surface area (Å²) in [6.07, 6.45) is 11.3. The first-order valence-electron chi connectivity index (χ1n) is 5.84. The summed E-state index contributed by atoms with van der Waals surface area (Å²) in [5, 5.41) is 0. The van der Waals surface area contributed by atoms with Gasteiger partial charge >= 0.3 is 0 Å². The third-order valence-corrected chi connectivity index (χ3v) is 3.72. The number of hydrogen-bond donors (Lipinski definition) is 1. The Hall–Kier alpha value is -0.480. The SMILES string of the molecule is C#CCC(N)C1CCC(C(C)C)CC1. The van der Waals surface area contributed by atoms with Crippen molar-refractivity contribution >= 4 is 0 Å². The molecule has 1 nitrogen and oxygen atoms in total. The summed E-state index contributed by atoms with van der Waals surface area (Å²) in [5.41, 5.74) is 6.04. The highest BCUT2D eigenvalue weighted by molar-refractivity contribution is 4.92. The fraction of sp³-hybridized carbons (Fsp3) is 0.846. The van der Waals surface area contributed by atoms with Crippen molar-refractivity contribution in [3.8, 4) is 12.3 Å². The second-order valence-electron chi connectivity index (χ2n) is 4.99. The Balaban J connectivity index is 2.32. The van der Waals surface area contributed by atoms with Crippen LogP contribution in [0.1, 0.15) is 46.0 Å². The summed E-state index contributed by atoms with van der Waals surface area (Å²) < 4.78 is 0. The molecular formula is C13H23N. The Labute approximate surface area is 88.5 Å². The Bertz CT molecular complexity index is 194. The van der Waals surface area contributed by atoms with Crippen molar-refractivity contribution in [3.63, 3.8) is 0 Å². The van der Waals surface area contributed by atoms with Gasteiger partial charge in [0.05, 0.1) is 0 Å². The standard InChI is InChI=1S/C13H23N/c1-4-5-13(14)12-8-6-11(7-9-12)10(2)3/h1,10-13H,5-9,14H2,2-3H3. The van der Waals surface area contributed by atoms with Gasteiger partial charge in [0, 0.05) is 12.5 Å². The van der Waals surface area contributed by atoms with Crippen molar-refractivity contribution in [3.05, 3.63) is 0 Å². The molecule has 1 atom stereocenters. The summed E-state index contributed by atoms with van der Waals surface area (Å²) in [4.78, 5) is 0. The molecular weight excluding hydrogens is 170 g/mol. The average molecular weight is 193 g/mol. The molecule has 0 radical (unpaired) electrons. The first kappa shape index (κ1) is 11.6. The largest absolute Gasteiger partial charge is 0.327 e. The highest BCUT2D eigenvalue weighted by Gasteiger charge is 2.26. The second kappa shape index (κ2) is 5.41. The lowest BCUT2D eigenvalue weighted by Crippen LogP contribution is -2.33. The molecule has 1 aliphatic rings. The van der Waals surface area contributed by atoms with Gasteiger partial charge in [0.2, 0.25) is 0 Å². The molecule has 14 heavy (non-hydrogen) atoms. The van der Waals surface area contributed by atoms with Crippen LogP contribution in [-0.2, 0) is 0 Å². The number of rotatable bonds is 3. The molecule has 0 heterocycles. The van der Waals surface area contributed by atoms with E-state index in [-0.39, 0.29) is 6.04 Å². The third-order valence-electron chi connectivity index (χ3n) is 3.72. The van der Waals surface area contributed by atoms with Crippen LogP contribution in [0.3, 0.4) is 0 Å². The van der Waals surface area contributed by atoms with Crippen LogP contribution in [0, 0.1) is 30.1 Å². The molecule has 0 aliphatic heterocycles. The molecule has 0 bridgehead atoms. The van der Waals surface area contributed by atoms with Gasteiger partial charge in [-0.15, -0.1) is 12.3 Å². The first-order chi connectivity index (χ1) is 6.65.